The second-order valence-electron chi connectivity index (χ2n) is 4.86. The van der Waals surface area contributed by atoms with Crippen LogP contribution >= 0.6 is 11.6 Å². The predicted molar refractivity (Wildman–Crippen MR) is 72.7 cm³/mol. The Labute approximate surface area is 117 Å². The number of carbonyl (C=O) groups excluding carboxylic acids is 2. The monoisotopic (exact) mass is 284 g/mol. The van der Waals surface area contributed by atoms with Gasteiger partial charge in [0.15, 0.2) is 5.78 Å². The van der Waals surface area contributed by atoms with Gasteiger partial charge in [0.1, 0.15) is 12.4 Å². The Morgan fingerprint density at radius 3 is 2.47 bits per heavy atom. The van der Waals surface area contributed by atoms with Crippen LogP contribution in [0.25, 0.3) is 0 Å². The molecule has 1 aromatic rings. The first-order chi connectivity index (χ1) is 8.77. The van der Waals surface area contributed by atoms with Crippen molar-refractivity contribution in [3.8, 4) is 5.75 Å². The molecule has 0 bridgehead atoms. The van der Waals surface area contributed by atoms with E-state index in [2.05, 4.69) is 0 Å². The van der Waals surface area contributed by atoms with E-state index in [1.165, 1.54) is 14.0 Å². The molecular formula is C14H17ClO4. The molecule has 0 unspecified atom stereocenters. The van der Waals surface area contributed by atoms with Crippen LogP contribution in [0.15, 0.2) is 18.2 Å². The van der Waals surface area contributed by atoms with Gasteiger partial charge in [0.05, 0.1) is 18.1 Å². The number of hydrogen-bond donors (Lipinski definition) is 0. The zero-order valence-corrected chi connectivity index (χ0v) is 12.2. The molecule has 0 atom stereocenters. The van der Waals surface area contributed by atoms with Crippen LogP contribution in [0, 0.1) is 5.41 Å². The molecule has 104 valence electrons. The third-order valence-corrected chi connectivity index (χ3v) is 2.88. The first-order valence-electron chi connectivity index (χ1n) is 5.79. The van der Waals surface area contributed by atoms with Crippen LogP contribution in [0.4, 0.5) is 0 Å². The van der Waals surface area contributed by atoms with Gasteiger partial charge in [-0.2, -0.15) is 0 Å². The minimum Gasteiger partial charge on any atom is -0.492 e. The van der Waals surface area contributed by atoms with E-state index in [0.29, 0.717) is 16.3 Å². The summed E-state index contributed by atoms with van der Waals surface area (Å²) < 4.78 is 10.3. The highest BCUT2D eigenvalue weighted by Gasteiger charge is 2.30. The van der Waals surface area contributed by atoms with Gasteiger partial charge in [-0.05, 0) is 39.0 Å². The van der Waals surface area contributed by atoms with Gasteiger partial charge in [0, 0.05) is 5.02 Å². The fraction of sp³-hybridized carbons (Fsp3) is 0.429. The number of rotatable bonds is 5. The molecule has 5 heteroatoms. The topological polar surface area (TPSA) is 52.6 Å². The third kappa shape index (κ3) is 3.96. The molecule has 4 nitrogen and oxygen atoms in total. The van der Waals surface area contributed by atoms with Crippen molar-refractivity contribution in [2.75, 3.05) is 13.7 Å². The summed E-state index contributed by atoms with van der Waals surface area (Å²) in [7, 11) is 1.33. The van der Waals surface area contributed by atoms with Crippen LogP contribution in [0.5, 0.6) is 5.75 Å². The summed E-state index contributed by atoms with van der Waals surface area (Å²) >= 11 is 5.84. The van der Waals surface area contributed by atoms with E-state index < -0.39 is 5.41 Å². The summed E-state index contributed by atoms with van der Waals surface area (Å²) in [4.78, 5) is 23.0. The Kier molecular flexibility index (Phi) is 4.95. The smallest absolute Gasteiger partial charge is 0.314 e. The standard InChI is InChI=1S/C14H17ClO4/c1-9(16)11-7-10(15)5-6-12(11)19-8-14(2,3)13(17)18-4/h5-7H,8H2,1-4H3. The van der Waals surface area contributed by atoms with Crippen molar-refractivity contribution < 1.29 is 19.1 Å². The first kappa shape index (κ1) is 15.5. The highest BCUT2D eigenvalue weighted by molar-refractivity contribution is 6.31. The molecule has 0 aliphatic heterocycles. The fourth-order valence-corrected chi connectivity index (χ4v) is 1.67. The van der Waals surface area contributed by atoms with Crippen molar-refractivity contribution in [1.82, 2.24) is 0 Å². The van der Waals surface area contributed by atoms with Gasteiger partial charge in [-0.3, -0.25) is 9.59 Å². The lowest BCUT2D eigenvalue weighted by molar-refractivity contribution is -0.152. The largest absolute Gasteiger partial charge is 0.492 e. The average Bonchev–Trinajstić information content (AvgIpc) is 2.36. The Balaban J connectivity index is 2.89. The Bertz CT molecular complexity index is 494. The van der Waals surface area contributed by atoms with E-state index in [1.807, 2.05) is 0 Å². The van der Waals surface area contributed by atoms with Crippen LogP contribution in [-0.4, -0.2) is 25.5 Å². The van der Waals surface area contributed by atoms with E-state index in [0.717, 1.165) is 0 Å². The van der Waals surface area contributed by atoms with Crippen molar-refractivity contribution in [3.05, 3.63) is 28.8 Å². The van der Waals surface area contributed by atoms with E-state index in [1.54, 1.807) is 32.0 Å². The lowest BCUT2D eigenvalue weighted by Crippen LogP contribution is -2.32. The number of halogens is 1. The van der Waals surface area contributed by atoms with Gasteiger partial charge in [0.25, 0.3) is 0 Å². The highest BCUT2D eigenvalue weighted by atomic mass is 35.5. The van der Waals surface area contributed by atoms with Gasteiger partial charge in [-0.1, -0.05) is 11.6 Å². The maximum absolute atomic E-state index is 11.5. The van der Waals surface area contributed by atoms with Crippen LogP contribution < -0.4 is 4.74 Å². The minimum atomic E-state index is -0.789. The van der Waals surface area contributed by atoms with E-state index >= 15 is 0 Å². The van der Waals surface area contributed by atoms with Crippen LogP contribution in [-0.2, 0) is 9.53 Å². The Morgan fingerprint density at radius 2 is 1.95 bits per heavy atom. The van der Waals surface area contributed by atoms with Gasteiger partial charge in [-0.25, -0.2) is 0 Å². The summed E-state index contributed by atoms with van der Waals surface area (Å²) in [5.41, 5.74) is -0.393. The lowest BCUT2D eigenvalue weighted by Gasteiger charge is -2.22. The number of hydrogen-bond acceptors (Lipinski definition) is 4. The molecule has 0 spiro atoms. The Morgan fingerprint density at radius 1 is 1.32 bits per heavy atom. The minimum absolute atomic E-state index is 0.113. The van der Waals surface area contributed by atoms with E-state index in [-0.39, 0.29) is 18.4 Å². The first-order valence-corrected chi connectivity index (χ1v) is 6.17. The molecule has 0 saturated heterocycles. The molecule has 1 aromatic carbocycles. The summed E-state index contributed by atoms with van der Waals surface area (Å²) in [6, 6.07) is 4.80. The maximum Gasteiger partial charge on any atom is 0.314 e. The number of benzene rings is 1. The Hall–Kier alpha value is -1.55. The van der Waals surface area contributed by atoms with Crippen molar-refractivity contribution in [2.24, 2.45) is 5.41 Å². The van der Waals surface area contributed by atoms with Crippen LogP contribution in [0.3, 0.4) is 0 Å². The maximum atomic E-state index is 11.5. The summed E-state index contributed by atoms with van der Waals surface area (Å²) in [5.74, 6) is -0.104. The second-order valence-corrected chi connectivity index (χ2v) is 5.30. The van der Waals surface area contributed by atoms with Crippen LogP contribution in [0.2, 0.25) is 5.02 Å². The number of ketones is 1. The third-order valence-electron chi connectivity index (χ3n) is 2.65. The molecule has 0 aliphatic rings. The number of carbonyl (C=O) groups is 2. The molecule has 0 radical (unpaired) electrons. The van der Waals surface area contributed by atoms with Gasteiger partial charge in [0.2, 0.25) is 0 Å². The molecule has 0 aromatic heterocycles. The van der Waals surface area contributed by atoms with Gasteiger partial charge >= 0.3 is 5.97 Å². The van der Waals surface area contributed by atoms with Crippen LogP contribution in [0.1, 0.15) is 31.1 Å². The molecule has 0 saturated carbocycles. The number of methoxy groups -OCH3 is 1. The second kappa shape index (κ2) is 6.06. The predicted octanol–water partition coefficient (Wildman–Crippen LogP) is 3.12. The van der Waals surface area contributed by atoms with Gasteiger partial charge in [-0.15, -0.1) is 0 Å². The molecule has 0 aliphatic carbocycles. The van der Waals surface area contributed by atoms with E-state index in [9.17, 15) is 9.59 Å². The molecule has 0 heterocycles. The SMILES string of the molecule is COC(=O)C(C)(C)COc1ccc(Cl)cc1C(C)=O. The number of ether oxygens (including phenoxy) is 2. The number of Topliss-reactive ketones (excluding diaryl/α,β-unsaturated/α-hetero) is 1. The highest BCUT2D eigenvalue weighted by Crippen LogP contribution is 2.26. The molecular weight excluding hydrogens is 268 g/mol. The number of esters is 1. The molecule has 0 amide bonds. The van der Waals surface area contributed by atoms with Crippen molar-refractivity contribution >= 4 is 23.4 Å². The van der Waals surface area contributed by atoms with Crippen molar-refractivity contribution in [1.29, 1.82) is 0 Å². The van der Waals surface area contributed by atoms with Crippen molar-refractivity contribution in [2.45, 2.75) is 20.8 Å². The quantitative estimate of drug-likeness (QED) is 0.616. The normalized spacial score (nSPS) is 11.0. The molecule has 0 N–H and O–H groups in total. The average molecular weight is 285 g/mol. The van der Waals surface area contributed by atoms with Gasteiger partial charge < -0.3 is 9.47 Å². The summed E-state index contributed by atoms with van der Waals surface area (Å²) in [5, 5.41) is 0.463. The zero-order valence-electron chi connectivity index (χ0n) is 11.5. The summed E-state index contributed by atoms with van der Waals surface area (Å²) in [6.07, 6.45) is 0. The zero-order chi connectivity index (χ0) is 14.6. The molecule has 0 fully saturated rings. The molecule has 1 rings (SSSR count). The molecule has 19 heavy (non-hydrogen) atoms. The fourth-order valence-electron chi connectivity index (χ4n) is 1.50. The van der Waals surface area contributed by atoms with Crippen molar-refractivity contribution in [3.63, 3.8) is 0 Å². The lowest BCUT2D eigenvalue weighted by atomic mass is 9.95. The summed E-state index contributed by atoms with van der Waals surface area (Å²) in [6.45, 7) is 4.97. The van der Waals surface area contributed by atoms with E-state index in [4.69, 9.17) is 21.1 Å².